The van der Waals surface area contributed by atoms with Crippen LogP contribution in [0.1, 0.15) is 49.9 Å². The minimum Gasteiger partial charge on any atom is -0.490 e. The number of esters is 1. The van der Waals surface area contributed by atoms with Crippen LogP contribution in [-0.2, 0) is 9.47 Å². The van der Waals surface area contributed by atoms with E-state index in [1.807, 2.05) is 0 Å². The fraction of sp³-hybridized carbons (Fsp3) is 0.611. The number of hydrogen-bond donors (Lipinski definition) is 1. The van der Waals surface area contributed by atoms with E-state index in [0.29, 0.717) is 24.5 Å². The molecule has 1 N–H and O–H groups in total. The first kappa shape index (κ1) is 19.5. The number of ether oxygens (including phenoxy) is 3. The van der Waals surface area contributed by atoms with Crippen LogP contribution in [0.2, 0.25) is 0 Å². The maximum atomic E-state index is 11.8. The average molecular weight is 324 g/mol. The van der Waals surface area contributed by atoms with E-state index in [0.717, 1.165) is 12.8 Å². The van der Waals surface area contributed by atoms with Crippen LogP contribution in [0.4, 0.5) is 0 Å². The second-order valence-corrected chi connectivity index (χ2v) is 5.32. The zero-order valence-electron chi connectivity index (χ0n) is 14.1. The number of rotatable bonds is 12. The van der Waals surface area contributed by atoms with Crippen molar-refractivity contribution in [2.45, 2.75) is 45.6 Å². The standard InChI is InChI=1S/C18H28O5/c1-3-5-6-9-12-21-13-15(19)14-23-17-11-8-7-10-16(17)18(20)22-4-2/h7-8,10-11,15,19H,3-6,9,12-14H2,1-2H3. The maximum absolute atomic E-state index is 11.8. The van der Waals surface area contributed by atoms with Crippen molar-refractivity contribution in [3.63, 3.8) is 0 Å². The molecule has 1 atom stereocenters. The summed E-state index contributed by atoms with van der Waals surface area (Å²) in [6.45, 7) is 5.18. The Hall–Kier alpha value is -1.59. The van der Waals surface area contributed by atoms with Crippen molar-refractivity contribution in [1.29, 1.82) is 0 Å². The molecule has 23 heavy (non-hydrogen) atoms. The molecular formula is C18H28O5. The smallest absolute Gasteiger partial charge is 0.341 e. The molecule has 0 saturated heterocycles. The second-order valence-electron chi connectivity index (χ2n) is 5.32. The largest absolute Gasteiger partial charge is 0.490 e. The summed E-state index contributed by atoms with van der Waals surface area (Å²) < 4.78 is 15.9. The number of aliphatic hydroxyl groups excluding tert-OH is 1. The SMILES string of the molecule is CCCCCCOCC(O)COc1ccccc1C(=O)OCC. The fourth-order valence-electron chi connectivity index (χ4n) is 2.05. The number of benzene rings is 1. The molecule has 1 unspecified atom stereocenters. The lowest BCUT2D eigenvalue weighted by Gasteiger charge is -2.14. The highest BCUT2D eigenvalue weighted by atomic mass is 16.5. The molecule has 0 aromatic heterocycles. The highest BCUT2D eigenvalue weighted by Crippen LogP contribution is 2.19. The first-order valence-electron chi connectivity index (χ1n) is 8.33. The summed E-state index contributed by atoms with van der Waals surface area (Å²) in [4.78, 5) is 11.8. The summed E-state index contributed by atoms with van der Waals surface area (Å²) in [5, 5.41) is 9.88. The molecule has 0 fully saturated rings. The molecule has 0 aliphatic heterocycles. The quantitative estimate of drug-likeness (QED) is 0.472. The van der Waals surface area contributed by atoms with Gasteiger partial charge in [-0.1, -0.05) is 38.3 Å². The zero-order valence-corrected chi connectivity index (χ0v) is 14.1. The number of unbranched alkanes of at least 4 members (excludes halogenated alkanes) is 3. The minimum absolute atomic E-state index is 0.0748. The molecule has 0 spiro atoms. The summed E-state index contributed by atoms with van der Waals surface area (Å²) in [5.41, 5.74) is 0.363. The molecule has 0 bridgehead atoms. The molecule has 0 saturated carbocycles. The first-order valence-corrected chi connectivity index (χ1v) is 8.33. The highest BCUT2D eigenvalue weighted by molar-refractivity contribution is 5.92. The van der Waals surface area contributed by atoms with Crippen LogP contribution in [0.15, 0.2) is 24.3 Å². The number of para-hydroxylation sites is 1. The summed E-state index contributed by atoms with van der Waals surface area (Å²) in [6, 6.07) is 6.85. The van der Waals surface area contributed by atoms with Gasteiger partial charge in [0.15, 0.2) is 0 Å². The van der Waals surface area contributed by atoms with Gasteiger partial charge in [-0.05, 0) is 25.5 Å². The van der Waals surface area contributed by atoms with Gasteiger partial charge in [-0.2, -0.15) is 0 Å². The molecular weight excluding hydrogens is 296 g/mol. The van der Waals surface area contributed by atoms with Crippen molar-refractivity contribution in [2.75, 3.05) is 26.4 Å². The third-order valence-electron chi connectivity index (χ3n) is 3.27. The maximum Gasteiger partial charge on any atom is 0.341 e. The molecule has 1 aromatic carbocycles. The number of carbonyl (C=O) groups excluding carboxylic acids is 1. The third kappa shape index (κ3) is 8.00. The first-order chi connectivity index (χ1) is 11.2. The summed E-state index contributed by atoms with van der Waals surface area (Å²) in [5.74, 6) is -0.0160. The Morgan fingerprint density at radius 1 is 1.13 bits per heavy atom. The van der Waals surface area contributed by atoms with Crippen molar-refractivity contribution in [3.05, 3.63) is 29.8 Å². The van der Waals surface area contributed by atoms with Gasteiger partial charge in [-0.15, -0.1) is 0 Å². The van der Waals surface area contributed by atoms with Crippen LogP contribution in [0.3, 0.4) is 0 Å². The van der Waals surface area contributed by atoms with Gasteiger partial charge in [0.2, 0.25) is 0 Å². The van der Waals surface area contributed by atoms with E-state index in [1.165, 1.54) is 12.8 Å². The lowest BCUT2D eigenvalue weighted by Crippen LogP contribution is -2.24. The minimum atomic E-state index is -0.726. The summed E-state index contributed by atoms with van der Waals surface area (Å²) >= 11 is 0. The molecule has 0 aliphatic rings. The Labute approximate surface area is 138 Å². The molecule has 130 valence electrons. The monoisotopic (exact) mass is 324 g/mol. The van der Waals surface area contributed by atoms with Gasteiger partial charge in [0.25, 0.3) is 0 Å². The van der Waals surface area contributed by atoms with Crippen LogP contribution in [0.25, 0.3) is 0 Å². The highest BCUT2D eigenvalue weighted by Gasteiger charge is 2.14. The average Bonchev–Trinajstić information content (AvgIpc) is 2.56. The van der Waals surface area contributed by atoms with Gasteiger partial charge in [0.05, 0.1) is 13.2 Å². The van der Waals surface area contributed by atoms with Gasteiger partial charge < -0.3 is 19.3 Å². The van der Waals surface area contributed by atoms with Crippen molar-refractivity contribution >= 4 is 5.97 Å². The molecule has 1 aromatic rings. The van der Waals surface area contributed by atoms with Crippen molar-refractivity contribution < 1.29 is 24.1 Å². The van der Waals surface area contributed by atoms with Crippen molar-refractivity contribution in [3.8, 4) is 5.75 Å². The van der Waals surface area contributed by atoms with Gasteiger partial charge in [0.1, 0.15) is 24.0 Å². The van der Waals surface area contributed by atoms with E-state index >= 15 is 0 Å². The van der Waals surface area contributed by atoms with Crippen LogP contribution >= 0.6 is 0 Å². The fourth-order valence-corrected chi connectivity index (χ4v) is 2.05. The van der Waals surface area contributed by atoms with Crippen molar-refractivity contribution in [2.24, 2.45) is 0 Å². The predicted molar refractivity (Wildman–Crippen MR) is 88.9 cm³/mol. The van der Waals surface area contributed by atoms with E-state index in [9.17, 15) is 9.90 Å². The number of hydrogen-bond acceptors (Lipinski definition) is 5. The number of aliphatic hydroxyl groups is 1. The van der Waals surface area contributed by atoms with Gasteiger partial charge in [-0.25, -0.2) is 4.79 Å². The van der Waals surface area contributed by atoms with Crippen LogP contribution in [0, 0.1) is 0 Å². The summed E-state index contributed by atoms with van der Waals surface area (Å²) in [7, 11) is 0. The van der Waals surface area contributed by atoms with E-state index < -0.39 is 12.1 Å². The predicted octanol–water partition coefficient (Wildman–Crippen LogP) is 3.20. The summed E-state index contributed by atoms with van der Waals surface area (Å²) in [6.07, 6.45) is 3.83. The van der Waals surface area contributed by atoms with E-state index in [-0.39, 0.29) is 13.2 Å². The zero-order chi connectivity index (χ0) is 16.9. The molecule has 5 nitrogen and oxygen atoms in total. The topological polar surface area (TPSA) is 65.0 Å². The Balaban J connectivity index is 2.32. The number of carbonyl (C=O) groups is 1. The lowest BCUT2D eigenvalue weighted by molar-refractivity contribution is 0.0105. The van der Waals surface area contributed by atoms with Gasteiger partial charge in [-0.3, -0.25) is 0 Å². The van der Waals surface area contributed by atoms with Gasteiger partial charge in [0, 0.05) is 6.61 Å². The molecule has 0 aliphatic carbocycles. The van der Waals surface area contributed by atoms with E-state index in [1.54, 1.807) is 31.2 Å². The molecule has 0 radical (unpaired) electrons. The van der Waals surface area contributed by atoms with E-state index in [2.05, 4.69) is 6.92 Å². The normalized spacial score (nSPS) is 12.0. The Kier molecular flexibility index (Phi) is 10.1. The molecule has 0 amide bonds. The molecule has 1 rings (SSSR count). The van der Waals surface area contributed by atoms with Crippen LogP contribution in [-0.4, -0.2) is 43.6 Å². The van der Waals surface area contributed by atoms with Crippen LogP contribution < -0.4 is 4.74 Å². The van der Waals surface area contributed by atoms with Crippen LogP contribution in [0.5, 0.6) is 5.75 Å². The molecule has 5 heteroatoms. The van der Waals surface area contributed by atoms with E-state index in [4.69, 9.17) is 14.2 Å². The Morgan fingerprint density at radius 2 is 1.91 bits per heavy atom. The molecule has 0 heterocycles. The second kappa shape index (κ2) is 11.9. The third-order valence-corrected chi connectivity index (χ3v) is 3.27. The Bertz CT molecular complexity index is 447. The Morgan fingerprint density at radius 3 is 2.65 bits per heavy atom. The lowest BCUT2D eigenvalue weighted by atomic mass is 10.2. The van der Waals surface area contributed by atoms with Gasteiger partial charge >= 0.3 is 5.97 Å². The van der Waals surface area contributed by atoms with Crippen molar-refractivity contribution in [1.82, 2.24) is 0 Å².